The van der Waals surface area contributed by atoms with Crippen LogP contribution in [0.1, 0.15) is 36.8 Å². The summed E-state index contributed by atoms with van der Waals surface area (Å²) in [4.78, 5) is 30.1. The summed E-state index contributed by atoms with van der Waals surface area (Å²) in [6, 6.07) is 7.78. The maximum Gasteiger partial charge on any atom is 0.317 e. The van der Waals surface area contributed by atoms with Gasteiger partial charge in [-0.05, 0) is 44.5 Å². The summed E-state index contributed by atoms with van der Waals surface area (Å²) in [7, 11) is 3.86. The Bertz CT molecular complexity index is 709. The van der Waals surface area contributed by atoms with Gasteiger partial charge in [-0.3, -0.25) is 4.79 Å². The number of nitrogens with one attached hydrogen (secondary N) is 1. The largest absolute Gasteiger partial charge is 0.387 e. The molecule has 1 aromatic rings. The number of hydrogen-bond acceptors (Lipinski definition) is 4. The van der Waals surface area contributed by atoms with E-state index in [0.717, 1.165) is 30.5 Å². The van der Waals surface area contributed by atoms with Gasteiger partial charge in [0, 0.05) is 39.1 Å². The van der Waals surface area contributed by atoms with E-state index >= 15 is 0 Å². The number of amides is 3. The fraction of sp³-hybridized carbons (Fsp3) is 0.619. The zero-order chi connectivity index (χ0) is 20.1. The first-order valence-corrected chi connectivity index (χ1v) is 10.1. The Morgan fingerprint density at radius 3 is 2.64 bits per heavy atom. The minimum Gasteiger partial charge on any atom is -0.387 e. The molecule has 2 N–H and O–H groups in total. The van der Waals surface area contributed by atoms with Crippen LogP contribution in [-0.4, -0.2) is 77.6 Å². The Morgan fingerprint density at radius 2 is 1.96 bits per heavy atom. The number of carbonyl (C=O) groups is 2. The summed E-state index contributed by atoms with van der Waals surface area (Å²) in [5.41, 5.74) is 1.24. The second-order valence-corrected chi connectivity index (χ2v) is 8.33. The summed E-state index contributed by atoms with van der Waals surface area (Å²) in [6.07, 6.45) is 3.05. The first-order chi connectivity index (χ1) is 13.4. The van der Waals surface area contributed by atoms with Crippen molar-refractivity contribution in [2.45, 2.75) is 44.4 Å². The predicted molar refractivity (Wildman–Crippen MR) is 108 cm³/mol. The highest BCUT2D eigenvalue weighted by molar-refractivity contribution is 5.78. The smallest absolute Gasteiger partial charge is 0.317 e. The highest BCUT2D eigenvalue weighted by atomic mass is 16.3. The van der Waals surface area contributed by atoms with Crippen molar-refractivity contribution in [2.75, 3.05) is 40.3 Å². The van der Waals surface area contributed by atoms with Crippen LogP contribution in [0.2, 0.25) is 0 Å². The molecule has 0 radical (unpaired) electrons. The van der Waals surface area contributed by atoms with E-state index in [1.54, 1.807) is 4.90 Å². The number of likely N-dealkylation sites (tertiary alicyclic amines) is 2. The van der Waals surface area contributed by atoms with Crippen LogP contribution in [0.15, 0.2) is 24.3 Å². The molecule has 3 rings (SSSR count). The lowest BCUT2D eigenvalue weighted by atomic mass is 9.92. The van der Waals surface area contributed by atoms with Gasteiger partial charge in [0.15, 0.2) is 0 Å². The predicted octanol–water partition coefficient (Wildman–Crippen LogP) is 1.41. The zero-order valence-corrected chi connectivity index (χ0v) is 17.0. The lowest BCUT2D eigenvalue weighted by molar-refractivity contribution is -0.128. The first-order valence-electron chi connectivity index (χ1n) is 10.1. The van der Waals surface area contributed by atoms with Crippen LogP contribution in [0.25, 0.3) is 0 Å². The molecule has 2 fully saturated rings. The van der Waals surface area contributed by atoms with Gasteiger partial charge in [-0.15, -0.1) is 0 Å². The lowest BCUT2D eigenvalue weighted by Gasteiger charge is -2.40. The van der Waals surface area contributed by atoms with Crippen molar-refractivity contribution in [1.29, 1.82) is 0 Å². The molecule has 7 heteroatoms. The number of hydrogen-bond donors (Lipinski definition) is 2. The molecule has 0 bridgehead atoms. The average molecular weight is 389 g/mol. The number of rotatable bonds is 6. The van der Waals surface area contributed by atoms with Crippen molar-refractivity contribution < 1.29 is 14.7 Å². The van der Waals surface area contributed by atoms with Crippen molar-refractivity contribution >= 4 is 11.9 Å². The number of nitrogens with zero attached hydrogens (tertiary/aromatic N) is 3. The maximum absolute atomic E-state index is 12.7. The monoisotopic (exact) mass is 388 g/mol. The van der Waals surface area contributed by atoms with Crippen LogP contribution in [0.5, 0.6) is 0 Å². The molecule has 2 aliphatic heterocycles. The Morgan fingerprint density at radius 1 is 1.21 bits per heavy atom. The minimum atomic E-state index is -0.854. The molecule has 154 valence electrons. The number of piperidine rings is 1. The van der Waals surface area contributed by atoms with Gasteiger partial charge in [0.2, 0.25) is 5.91 Å². The van der Waals surface area contributed by atoms with E-state index in [1.807, 2.05) is 48.2 Å². The molecule has 1 aromatic carbocycles. The van der Waals surface area contributed by atoms with Gasteiger partial charge < -0.3 is 25.1 Å². The van der Waals surface area contributed by atoms with E-state index in [9.17, 15) is 14.7 Å². The van der Waals surface area contributed by atoms with E-state index < -0.39 is 5.60 Å². The van der Waals surface area contributed by atoms with E-state index in [0.29, 0.717) is 45.6 Å². The fourth-order valence-electron chi connectivity index (χ4n) is 4.25. The number of benzene rings is 1. The molecule has 0 aliphatic carbocycles. The van der Waals surface area contributed by atoms with Gasteiger partial charge in [-0.1, -0.05) is 24.3 Å². The maximum atomic E-state index is 12.7. The van der Waals surface area contributed by atoms with Crippen molar-refractivity contribution in [1.82, 2.24) is 20.0 Å². The quantitative estimate of drug-likeness (QED) is 0.773. The summed E-state index contributed by atoms with van der Waals surface area (Å²) in [6.45, 7) is 3.37. The van der Waals surface area contributed by atoms with E-state index in [-0.39, 0.29) is 11.9 Å². The van der Waals surface area contributed by atoms with Crippen LogP contribution in [0.3, 0.4) is 0 Å². The Balaban J connectivity index is 1.58. The average Bonchev–Trinajstić information content (AvgIpc) is 3.04. The topological polar surface area (TPSA) is 76.1 Å². The molecule has 28 heavy (non-hydrogen) atoms. The lowest BCUT2D eigenvalue weighted by Crippen LogP contribution is -2.56. The minimum absolute atomic E-state index is 0.149. The summed E-state index contributed by atoms with van der Waals surface area (Å²) >= 11 is 0. The Kier molecular flexibility index (Phi) is 6.57. The number of β-amino-alcohol motifs (C(OH)–C–C–N with tert-alkyl or cyclic N) is 1. The molecule has 2 aliphatic rings. The molecule has 0 aromatic heterocycles. The van der Waals surface area contributed by atoms with Gasteiger partial charge in [-0.2, -0.15) is 0 Å². The van der Waals surface area contributed by atoms with Crippen LogP contribution in [-0.2, 0) is 17.9 Å². The number of aliphatic hydroxyl groups is 1. The van der Waals surface area contributed by atoms with E-state index in [4.69, 9.17) is 0 Å². The molecule has 0 spiro atoms. The van der Waals surface area contributed by atoms with Crippen molar-refractivity contribution in [3.8, 4) is 0 Å². The third-order valence-electron chi connectivity index (χ3n) is 5.53. The van der Waals surface area contributed by atoms with Gasteiger partial charge in [0.05, 0.1) is 12.1 Å². The molecule has 1 unspecified atom stereocenters. The molecular formula is C21H32N4O3. The van der Waals surface area contributed by atoms with Crippen LogP contribution in [0.4, 0.5) is 4.79 Å². The molecule has 2 heterocycles. The number of urea groups is 1. The van der Waals surface area contributed by atoms with Crippen LogP contribution in [0, 0.1) is 0 Å². The molecule has 7 nitrogen and oxygen atoms in total. The number of likely N-dealkylation sites (N-methyl/N-ethyl adjacent to an activating group) is 1. The molecular weight excluding hydrogens is 356 g/mol. The summed E-state index contributed by atoms with van der Waals surface area (Å²) < 4.78 is 0. The van der Waals surface area contributed by atoms with Crippen LogP contribution < -0.4 is 5.32 Å². The first kappa shape index (κ1) is 20.6. The van der Waals surface area contributed by atoms with Gasteiger partial charge in [0.25, 0.3) is 0 Å². The molecule has 0 saturated carbocycles. The molecule has 2 saturated heterocycles. The molecule has 1 atom stereocenters. The molecule has 3 amide bonds. The fourth-order valence-corrected chi connectivity index (χ4v) is 4.25. The van der Waals surface area contributed by atoms with E-state index in [1.165, 1.54) is 0 Å². The van der Waals surface area contributed by atoms with Crippen molar-refractivity contribution in [3.63, 3.8) is 0 Å². The second kappa shape index (κ2) is 8.92. The highest BCUT2D eigenvalue weighted by Gasteiger charge is 2.35. The normalized spacial score (nSPS) is 22.8. The van der Waals surface area contributed by atoms with Gasteiger partial charge in [-0.25, -0.2) is 4.79 Å². The Labute approximate surface area is 167 Å². The van der Waals surface area contributed by atoms with Crippen molar-refractivity contribution in [2.24, 2.45) is 0 Å². The number of carbonyl (C=O) groups excluding carboxylic acids is 2. The van der Waals surface area contributed by atoms with Gasteiger partial charge >= 0.3 is 6.03 Å². The third-order valence-corrected chi connectivity index (χ3v) is 5.53. The standard InChI is InChI=1S/C21H32N4O3/c1-23(2)15-21(28)10-6-12-25(16-21)20(27)22-13-17-7-3-4-8-18(17)14-24-11-5-9-19(24)26/h3-4,7-8,28H,5-6,9-16H2,1-2H3,(H,22,27). The zero-order valence-electron chi connectivity index (χ0n) is 17.0. The third kappa shape index (κ3) is 5.23. The van der Waals surface area contributed by atoms with Crippen LogP contribution >= 0.6 is 0 Å². The van der Waals surface area contributed by atoms with Gasteiger partial charge in [0.1, 0.15) is 0 Å². The summed E-state index contributed by atoms with van der Waals surface area (Å²) in [5, 5.41) is 13.8. The van der Waals surface area contributed by atoms with Crippen molar-refractivity contribution in [3.05, 3.63) is 35.4 Å². The Hall–Kier alpha value is -2.12. The summed E-state index contributed by atoms with van der Waals surface area (Å²) in [5.74, 6) is 0.201. The SMILES string of the molecule is CN(C)CC1(O)CCCN(C(=O)NCc2ccccc2CN2CCCC2=O)C1. The highest BCUT2D eigenvalue weighted by Crippen LogP contribution is 2.22. The van der Waals surface area contributed by atoms with E-state index in [2.05, 4.69) is 5.32 Å². The second-order valence-electron chi connectivity index (χ2n) is 8.33.